The van der Waals surface area contributed by atoms with E-state index >= 15 is 0 Å². The summed E-state index contributed by atoms with van der Waals surface area (Å²) >= 11 is 0. The van der Waals surface area contributed by atoms with Crippen LogP contribution in [0, 0.1) is 0 Å². The smallest absolute Gasteiger partial charge is 0.159 e. The Bertz CT molecular complexity index is 3010. The molecule has 302 valence electrons. The van der Waals surface area contributed by atoms with Crippen molar-refractivity contribution >= 4 is 82.1 Å². The summed E-state index contributed by atoms with van der Waals surface area (Å²) in [6, 6.07) is 53.1. The predicted molar refractivity (Wildman–Crippen MR) is 272 cm³/mol. The van der Waals surface area contributed by atoms with E-state index < -0.39 is 32.3 Å². The summed E-state index contributed by atoms with van der Waals surface area (Å²) in [5, 5.41) is 4.99. The molecule has 1 heterocycles. The summed E-state index contributed by atoms with van der Waals surface area (Å²) in [5.74, 6) is 0. The third-order valence-corrected chi connectivity index (χ3v) is 34.8. The number of fused-ring (bicyclic) bond motifs is 11. The highest BCUT2D eigenvalue weighted by atomic mass is 28.4. The first-order valence-electron chi connectivity index (χ1n) is 21.9. The summed E-state index contributed by atoms with van der Waals surface area (Å²) in [4.78, 5) is 2.39. The van der Waals surface area contributed by atoms with Gasteiger partial charge in [-0.05, 0) is 104 Å². The van der Waals surface area contributed by atoms with Gasteiger partial charge in [-0.15, -0.1) is 0 Å². The molecule has 8 aromatic rings. The molecule has 6 heteroatoms. The molecule has 0 fully saturated rings. The van der Waals surface area contributed by atoms with Gasteiger partial charge in [-0.1, -0.05) is 170 Å². The van der Waals surface area contributed by atoms with E-state index in [0.717, 1.165) is 39.0 Å². The first-order chi connectivity index (χ1) is 28.3. The van der Waals surface area contributed by atoms with Gasteiger partial charge in [-0.2, -0.15) is 0 Å². The first-order valence-corrected chi connectivity index (χ1v) is 35.9. The van der Waals surface area contributed by atoms with Crippen LogP contribution in [-0.4, -0.2) is 32.3 Å². The summed E-state index contributed by atoms with van der Waals surface area (Å²) in [7, 11) is -7.63. The van der Waals surface area contributed by atoms with Gasteiger partial charge in [0.2, 0.25) is 0 Å². The van der Waals surface area contributed by atoms with E-state index in [2.05, 4.69) is 223 Å². The standard InChI is InChI=1S/C54H59NOSi4/c1-57(2,3)53(58(4,5)6)46-26-18-16-23-40(46)44-34-48-45(35-47(44)53)42-31-29-36-33-38(30-32-39(36)51(42)54(48,59(7,8)9)60(10,11)12)55(37-21-14-13-15-22-37)49-27-20-25-43-41-24-17-19-28-50(41)56-52(43)49/h13-35H,1-12H3. The molecule has 0 amide bonds. The average molecular weight is 850 g/mol. The number of furan rings is 1. The van der Waals surface area contributed by atoms with Crippen LogP contribution in [0.3, 0.4) is 0 Å². The maximum absolute atomic E-state index is 6.68. The number of para-hydroxylation sites is 3. The maximum atomic E-state index is 6.68. The molecule has 2 aliphatic rings. The van der Waals surface area contributed by atoms with Crippen LogP contribution in [0.5, 0.6) is 0 Å². The first kappa shape index (κ1) is 39.4. The van der Waals surface area contributed by atoms with Crippen LogP contribution in [0.15, 0.2) is 144 Å². The molecule has 2 aliphatic carbocycles. The van der Waals surface area contributed by atoms with Gasteiger partial charge in [-0.3, -0.25) is 0 Å². The molecule has 1 aromatic heterocycles. The lowest BCUT2D eigenvalue weighted by atomic mass is 9.96. The molecule has 0 saturated carbocycles. The van der Waals surface area contributed by atoms with Gasteiger partial charge in [0, 0.05) is 31.5 Å². The fraction of sp³-hybridized carbons (Fsp3) is 0.259. The van der Waals surface area contributed by atoms with E-state index in [4.69, 9.17) is 4.42 Å². The van der Waals surface area contributed by atoms with Crippen LogP contribution >= 0.6 is 0 Å². The molecule has 0 bridgehead atoms. The number of hydrogen-bond acceptors (Lipinski definition) is 2. The van der Waals surface area contributed by atoms with Crippen molar-refractivity contribution < 1.29 is 4.42 Å². The normalized spacial score (nSPS) is 15.6. The number of rotatable bonds is 7. The van der Waals surface area contributed by atoms with Crippen molar-refractivity contribution in [1.82, 2.24) is 0 Å². The number of benzene rings is 7. The van der Waals surface area contributed by atoms with Gasteiger partial charge in [0.05, 0.1) is 38.0 Å². The lowest BCUT2D eigenvalue weighted by Gasteiger charge is -2.52. The Balaban J connectivity index is 1.26. The Kier molecular flexibility index (Phi) is 8.47. The molecule has 0 radical (unpaired) electrons. The zero-order valence-electron chi connectivity index (χ0n) is 37.6. The van der Waals surface area contributed by atoms with Gasteiger partial charge in [0.25, 0.3) is 0 Å². The van der Waals surface area contributed by atoms with Crippen LogP contribution in [0.4, 0.5) is 17.1 Å². The Morgan fingerprint density at radius 1 is 0.400 bits per heavy atom. The highest BCUT2D eigenvalue weighted by molar-refractivity contribution is 7.01. The van der Waals surface area contributed by atoms with Crippen molar-refractivity contribution in [2.45, 2.75) is 87.9 Å². The second-order valence-corrected chi connectivity index (χ2v) is 43.8. The van der Waals surface area contributed by atoms with Crippen LogP contribution in [-0.2, 0) is 9.32 Å². The molecule has 10 rings (SSSR count). The van der Waals surface area contributed by atoms with Crippen molar-refractivity contribution in [1.29, 1.82) is 0 Å². The SMILES string of the molecule is C[Si](C)(C)C1([Si](C)(C)C)c2ccccc2-c2cc3c(cc21)-c1ccc2cc(N(c4ccccc4)c4cccc5c4oc4ccccc45)ccc2c1C3([Si](C)(C)C)[Si](C)(C)C. The Hall–Kier alpha value is -4.73. The lowest BCUT2D eigenvalue weighted by Crippen LogP contribution is -2.64. The molecule has 0 spiro atoms. The minimum atomic E-state index is -1.99. The van der Waals surface area contributed by atoms with E-state index in [1.807, 2.05) is 0 Å². The van der Waals surface area contributed by atoms with Gasteiger partial charge < -0.3 is 9.32 Å². The van der Waals surface area contributed by atoms with E-state index in [1.54, 1.807) is 22.3 Å². The maximum Gasteiger partial charge on any atom is 0.159 e. The van der Waals surface area contributed by atoms with Crippen LogP contribution in [0.1, 0.15) is 22.3 Å². The van der Waals surface area contributed by atoms with Crippen LogP contribution < -0.4 is 4.90 Å². The highest BCUT2D eigenvalue weighted by Gasteiger charge is 2.63. The van der Waals surface area contributed by atoms with Gasteiger partial charge in [0.15, 0.2) is 5.58 Å². The monoisotopic (exact) mass is 849 g/mol. The third kappa shape index (κ3) is 5.08. The average Bonchev–Trinajstić information content (AvgIpc) is 3.82. The van der Waals surface area contributed by atoms with E-state index in [9.17, 15) is 0 Å². The molecular formula is C54H59NOSi4. The molecule has 0 unspecified atom stereocenters. The summed E-state index contributed by atoms with van der Waals surface area (Å²) < 4.78 is 6.79. The lowest BCUT2D eigenvalue weighted by molar-refractivity contribution is 0.669. The minimum Gasteiger partial charge on any atom is -0.454 e. The van der Waals surface area contributed by atoms with Gasteiger partial charge in [-0.25, -0.2) is 0 Å². The second-order valence-electron chi connectivity index (χ2n) is 21.8. The van der Waals surface area contributed by atoms with Gasteiger partial charge >= 0.3 is 0 Å². The highest BCUT2D eigenvalue weighted by Crippen LogP contribution is 2.65. The van der Waals surface area contributed by atoms with Crippen LogP contribution in [0.25, 0.3) is 55.0 Å². The second kappa shape index (κ2) is 12.9. The molecule has 60 heavy (non-hydrogen) atoms. The Morgan fingerprint density at radius 2 is 0.983 bits per heavy atom. The quantitative estimate of drug-likeness (QED) is 0.149. The fourth-order valence-electron chi connectivity index (χ4n) is 13.4. The summed E-state index contributed by atoms with van der Waals surface area (Å²) in [6.45, 7) is 31.9. The van der Waals surface area contributed by atoms with E-state index in [1.165, 1.54) is 33.0 Å². The zero-order chi connectivity index (χ0) is 42.4. The third-order valence-electron chi connectivity index (χ3n) is 14.7. The van der Waals surface area contributed by atoms with E-state index in [0.29, 0.717) is 0 Å². The number of nitrogens with zero attached hydrogens (tertiary/aromatic N) is 1. The summed E-state index contributed by atoms with van der Waals surface area (Å²) in [6.07, 6.45) is 0. The molecule has 0 N–H and O–H groups in total. The largest absolute Gasteiger partial charge is 0.454 e. The fourth-order valence-corrected chi connectivity index (χ4v) is 39.6. The van der Waals surface area contributed by atoms with Crippen molar-refractivity contribution in [3.05, 3.63) is 162 Å². The molecular weight excluding hydrogens is 791 g/mol. The van der Waals surface area contributed by atoms with Gasteiger partial charge in [0.1, 0.15) is 5.58 Å². The molecule has 0 atom stereocenters. The van der Waals surface area contributed by atoms with Crippen molar-refractivity contribution in [2.24, 2.45) is 0 Å². The van der Waals surface area contributed by atoms with Crippen LogP contribution in [0.2, 0.25) is 78.6 Å². The van der Waals surface area contributed by atoms with E-state index in [-0.39, 0.29) is 9.32 Å². The number of hydrogen-bond donors (Lipinski definition) is 0. The van der Waals surface area contributed by atoms with Crippen molar-refractivity contribution in [3.8, 4) is 22.3 Å². The number of anilines is 3. The summed E-state index contributed by atoms with van der Waals surface area (Å²) in [5.41, 5.74) is 17.6. The molecule has 0 aliphatic heterocycles. The molecule has 7 aromatic carbocycles. The topological polar surface area (TPSA) is 16.4 Å². The van der Waals surface area contributed by atoms with Crippen molar-refractivity contribution in [2.75, 3.05) is 4.90 Å². The molecule has 2 nitrogen and oxygen atoms in total. The Morgan fingerprint density at radius 3 is 1.67 bits per heavy atom. The minimum absolute atomic E-state index is 0.00176. The van der Waals surface area contributed by atoms with Crippen molar-refractivity contribution in [3.63, 3.8) is 0 Å². The zero-order valence-corrected chi connectivity index (χ0v) is 41.6. The predicted octanol–water partition coefficient (Wildman–Crippen LogP) is 16.3. The Labute approximate surface area is 361 Å². The molecule has 0 saturated heterocycles.